The highest BCUT2D eigenvalue weighted by atomic mass is 14.3. The highest BCUT2D eigenvalue weighted by molar-refractivity contribution is 5.43. The lowest BCUT2D eigenvalue weighted by Gasteiger charge is -2.16. The molecule has 1 aliphatic carbocycles. The molecule has 1 aliphatic rings. The molecular formula is C14H20. The molecule has 1 aromatic rings. The van der Waals surface area contributed by atoms with Crippen molar-refractivity contribution in [3.05, 3.63) is 34.4 Å². The van der Waals surface area contributed by atoms with Crippen LogP contribution in [0.4, 0.5) is 0 Å². The highest BCUT2D eigenvalue weighted by Crippen LogP contribution is 2.39. The molecule has 2 rings (SSSR count). The first kappa shape index (κ1) is 9.76. The van der Waals surface area contributed by atoms with E-state index in [9.17, 15) is 0 Å². The summed E-state index contributed by atoms with van der Waals surface area (Å²) in [4.78, 5) is 0. The first-order valence-corrected chi connectivity index (χ1v) is 5.69. The number of aryl methyl sites for hydroxylation is 2. The maximum atomic E-state index is 2.40. The van der Waals surface area contributed by atoms with Gasteiger partial charge in [0.25, 0.3) is 0 Å². The van der Waals surface area contributed by atoms with E-state index in [2.05, 4.69) is 39.8 Å². The van der Waals surface area contributed by atoms with Gasteiger partial charge in [0.05, 0.1) is 0 Å². The van der Waals surface area contributed by atoms with Crippen LogP contribution in [0.5, 0.6) is 0 Å². The smallest absolute Gasteiger partial charge is 0.0133 e. The summed E-state index contributed by atoms with van der Waals surface area (Å²) < 4.78 is 0. The zero-order valence-corrected chi connectivity index (χ0v) is 9.72. The van der Waals surface area contributed by atoms with Crippen LogP contribution in [0.15, 0.2) is 12.1 Å². The summed E-state index contributed by atoms with van der Waals surface area (Å²) in [6.45, 7) is 9.16. The number of benzene rings is 1. The Morgan fingerprint density at radius 2 is 1.93 bits per heavy atom. The van der Waals surface area contributed by atoms with E-state index >= 15 is 0 Å². The molecule has 0 saturated heterocycles. The van der Waals surface area contributed by atoms with Gasteiger partial charge in [0.1, 0.15) is 0 Å². The lowest BCUT2D eigenvalue weighted by Crippen LogP contribution is -2.02. The Bertz CT molecular complexity index is 347. The molecular weight excluding hydrogens is 168 g/mol. The first-order valence-electron chi connectivity index (χ1n) is 5.69. The van der Waals surface area contributed by atoms with E-state index in [1.165, 1.54) is 24.0 Å². The molecule has 0 aliphatic heterocycles. The number of fused-ring (bicyclic) bond motifs is 1. The first-order chi connectivity index (χ1) is 6.59. The van der Waals surface area contributed by atoms with E-state index in [-0.39, 0.29) is 0 Å². The Labute approximate surface area is 87.3 Å². The van der Waals surface area contributed by atoms with Crippen LogP contribution in [-0.4, -0.2) is 0 Å². The largest absolute Gasteiger partial charge is 0.0622 e. The lowest BCUT2D eigenvalue weighted by molar-refractivity contribution is 0.495. The van der Waals surface area contributed by atoms with Crippen molar-refractivity contribution < 1.29 is 0 Å². The van der Waals surface area contributed by atoms with Gasteiger partial charge in [-0.15, -0.1) is 0 Å². The van der Waals surface area contributed by atoms with Crippen LogP contribution in [0, 0.1) is 19.8 Å². The maximum absolute atomic E-state index is 2.40. The van der Waals surface area contributed by atoms with E-state index < -0.39 is 0 Å². The van der Waals surface area contributed by atoms with Crippen LogP contribution in [-0.2, 0) is 6.42 Å². The van der Waals surface area contributed by atoms with Crippen molar-refractivity contribution >= 4 is 0 Å². The third kappa shape index (κ3) is 1.47. The second-order valence-corrected chi connectivity index (χ2v) is 5.04. The van der Waals surface area contributed by atoms with Crippen molar-refractivity contribution in [2.75, 3.05) is 0 Å². The van der Waals surface area contributed by atoms with Gasteiger partial charge in [-0.1, -0.05) is 31.5 Å². The topological polar surface area (TPSA) is 0 Å². The minimum absolute atomic E-state index is 0.789. The molecule has 0 N–H and O–H groups in total. The number of hydrogen-bond donors (Lipinski definition) is 0. The second-order valence-electron chi connectivity index (χ2n) is 5.04. The molecule has 0 nitrogen and oxygen atoms in total. The summed E-state index contributed by atoms with van der Waals surface area (Å²) in [7, 11) is 0. The summed E-state index contributed by atoms with van der Waals surface area (Å²) in [6.07, 6.45) is 2.65. The molecule has 0 heterocycles. The van der Waals surface area contributed by atoms with Gasteiger partial charge < -0.3 is 0 Å². The van der Waals surface area contributed by atoms with Gasteiger partial charge in [-0.2, -0.15) is 0 Å². The average Bonchev–Trinajstić information content (AvgIpc) is 2.47. The van der Waals surface area contributed by atoms with Crippen molar-refractivity contribution in [1.29, 1.82) is 0 Å². The normalized spacial score (nSPS) is 20.2. The molecule has 1 unspecified atom stereocenters. The minimum Gasteiger partial charge on any atom is -0.0622 e. The lowest BCUT2D eigenvalue weighted by atomic mass is 9.88. The van der Waals surface area contributed by atoms with Crippen molar-refractivity contribution in [3.63, 3.8) is 0 Å². The predicted octanol–water partition coefficient (Wildman–Crippen LogP) is 3.99. The van der Waals surface area contributed by atoms with Gasteiger partial charge in [0.2, 0.25) is 0 Å². The van der Waals surface area contributed by atoms with E-state index in [1.54, 1.807) is 11.1 Å². The fourth-order valence-corrected chi connectivity index (χ4v) is 2.85. The predicted molar refractivity (Wildman–Crippen MR) is 61.8 cm³/mol. The zero-order valence-electron chi connectivity index (χ0n) is 9.72. The van der Waals surface area contributed by atoms with Gasteiger partial charge in [-0.3, -0.25) is 0 Å². The van der Waals surface area contributed by atoms with Crippen LogP contribution < -0.4 is 0 Å². The van der Waals surface area contributed by atoms with Crippen molar-refractivity contribution in [3.8, 4) is 0 Å². The monoisotopic (exact) mass is 188 g/mol. The summed E-state index contributed by atoms with van der Waals surface area (Å²) in [5.74, 6) is 1.60. The molecule has 1 aromatic carbocycles. The molecule has 14 heavy (non-hydrogen) atoms. The summed E-state index contributed by atoms with van der Waals surface area (Å²) in [6, 6.07) is 4.72. The second kappa shape index (κ2) is 3.42. The Balaban J connectivity index is 2.49. The van der Waals surface area contributed by atoms with Gasteiger partial charge in [0.15, 0.2) is 0 Å². The van der Waals surface area contributed by atoms with E-state index in [0.29, 0.717) is 0 Å². The summed E-state index contributed by atoms with van der Waals surface area (Å²) in [5, 5.41) is 0. The van der Waals surface area contributed by atoms with Crippen LogP contribution in [0.3, 0.4) is 0 Å². The van der Waals surface area contributed by atoms with Crippen LogP contribution in [0.2, 0.25) is 0 Å². The molecule has 76 valence electrons. The Hall–Kier alpha value is -0.780. The van der Waals surface area contributed by atoms with Crippen LogP contribution in [0.25, 0.3) is 0 Å². The standard InChI is InChI=1S/C14H20/c1-9(2)12-5-6-13-11(4)7-10(3)8-14(12)13/h7-9,12H,5-6H2,1-4H3. The van der Waals surface area contributed by atoms with Crippen molar-refractivity contribution in [2.24, 2.45) is 5.92 Å². The zero-order chi connectivity index (χ0) is 10.3. The van der Waals surface area contributed by atoms with Gasteiger partial charge in [-0.05, 0) is 55.2 Å². The fourth-order valence-electron chi connectivity index (χ4n) is 2.85. The summed E-state index contributed by atoms with van der Waals surface area (Å²) >= 11 is 0. The third-order valence-corrected chi connectivity index (χ3v) is 3.56. The molecule has 0 spiro atoms. The van der Waals surface area contributed by atoms with Crippen molar-refractivity contribution in [1.82, 2.24) is 0 Å². The molecule has 1 atom stereocenters. The highest BCUT2D eigenvalue weighted by Gasteiger charge is 2.25. The van der Waals surface area contributed by atoms with E-state index in [0.717, 1.165) is 11.8 Å². The molecule has 0 saturated carbocycles. The quantitative estimate of drug-likeness (QED) is 0.625. The van der Waals surface area contributed by atoms with Crippen LogP contribution in [0.1, 0.15) is 48.4 Å². The van der Waals surface area contributed by atoms with E-state index in [4.69, 9.17) is 0 Å². The average molecular weight is 188 g/mol. The SMILES string of the molecule is Cc1cc(C)c2c(c1)C(C(C)C)CC2. The Kier molecular flexibility index (Phi) is 2.38. The Morgan fingerprint density at radius 1 is 1.21 bits per heavy atom. The maximum Gasteiger partial charge on any atom is -0.0133 e. The van der Waals surface area contributed by atoms with Gasteiger partial charge >= 0.3 is 0 Å². The summed E-state index contributed by atoms with van der Waals surface area (Å²) in [5.41, 5.74) is 6.20. The molecule has 0 aromatic heterocycles. The van der Waals surface area contributed by atoms with E-state index in [1.807, 2.05) is 0 Å². The van der Waals surface area contributed by atoms with Crippen molar-refractivity contribution in [2.45, 2.75) is 46.5 Å². The fraction of sp³-hybridized carbons (Fsp3) is 0.571. The molecule has 0 heteroatoms. The molecule has 0 fully saturated rings. The number of rotatable bonds is 1. The Morgan fingerprint density at radius 3 is 2.57 bits per heavy atom. The van der Waals surface area contributed by atoms with Gasteiger partial charge in [0, 0.05) is 0 Å². The molecule has 0 bridgehead atoms. The minimum atomic E-state index is 0.789. The van der Waals surface area contributed by atoms with Gasteiger partial charge in [-0.25, -0.2) is 0 Å². The van der Waals surface area contributed by atoms with Crippen LogP contribution >= 0.6 is 0 Å². The third-order valence-electron chi connectivity index (χ3n) is 3.56. The number of hydrogen-bond acceptors (Lipinski definition) is 0. The molecule has 0 amide bonds. The molecule has 0 radical (unpaired) electrons.